The molecule has 0 radical (unpaired) electrons. The Hall–Kier alpha value is -1.11. The highest BCUT2D eigenvalue weighted by atomic mass is 35.5. The summed E-state index contributed by atoms with van der Waals surface area (Å²) in [6, 6.07) is 6.90. The summed E-state index contributed by atoms with van der Waals surface area (Å²) in [6.07, 6.45) is 0.441. The van der Waals surface area contributed by atoms with Gasteiger partial charge in [0.15, 0.2) is 0 Å². The topological polar surface area (TPSA) is 89.3 Å². The van der Waals surface area contributed by atoms with Crippen molar-refractivity contribution in [2.75, 3.05) is 0 Å². The van der Waals surface area contributed by atoms with Gasteiger partial charge in [-0.1, -0.05) is 32.0 Å². The molecule has 0 aliphatic carbocycles. The van der Waals surface area contributed by atoms with Gasteiger partial charge in [0.1, 0.15) is 0 Å². The zero-order valence-electron chi connectivity index (χ0n) is 10.9. The van der Waals surface area contributed by atoms with Gasteiger partial charge < -0.3 is 5.73 Å². The van der Waals surface area contributed by atoms with Crippen LogP contribution >= 0.6 is 12.4 Å². The maximum Gasteiger partial charge on any atom is 0.264 e. The van der Waals surface area contributed by atoms with Gasteiger partial charge in [-0.25, -0.2) is 13.1 Å². The second-order valence-electron chi connectivity index (χ2n) is 4.52. The van der Waals surface area contributed by atoms with Crippen molar-refractivity contribution in [2.45, 2.75) is 31.2 Å². The van der Waals surface area contributed by atoms with E-state index in [1.54, 1.807) is 18.2 Å². The molecule has 7 heteroatoms. The van der Waals surface area contributed by atoms with Gasteiger partial charge in [0.2, 0.25) is 0 Å². The molecular weight excluding hydrogens is 288 g/mol. The van der Waals surface area contributed by atoms with Crippen LogP contribution in [-0.2, 0) is 14.8 Å². The van der Waals surface area contributed by atoms with Crippen molar-refractivity contribution in [3.05, 3.63) is 30.3 Å². The van der Waals surface area contributed by atoms with Crippen LogP contribution in [0.5, 0.6) is 0 Å². The lowest BCUT2D eigenvalue weighted by Gasteiger charge is -2.14. The molecule has 3 N–H and O–H groups in total. The molecular formula is C12H19ClN2O3S. The Labute approximate surface area is 120 Å². The van der Waals surface area contributed by atoms with E-state index in [-0.39, 0.29) is 23.2 Å². The van der Waals surface area contributed by atoms with E-state index in [4.69, 9.17) is 5.73 Å². The Morgan fingerprint density at radius 2 is 1.79 bits per heavy atom. The summed E-state index contributed by atoms with van der Waals surface area (Å²) < 4.78 is 25.7. The number of carbonyl (C=O) groups is 1. The Morgan fingerprint density at radius 3 is 2.26 bits per heavy atom. The first-order valence-corrected chi connectivity index (χ1v) is 7.18. The van der Waals surface area contributed by atoms with Crippen molar-refractivity contribution in [1.29, 1.82) is 0 Å². The SMILES string of the molecule is CC(C)C[C@H](N)C(=O)NS(=O)(=O)c1ccccc1.Cl. The number of rotatable bonds is 5. The zero-order chi connectivity index (χ0) is 13.8. The largest absolute Gasteiger partial charge is 0.320 e. The summed E-state index contributed by atoms with van der Waals surface area (Å²) in [6.45, 7) is 3.83. The van der Waals surface area contributed by atoms with Crippen molar-refractivity contribution in [3.63, 3.8) is 0 Å². The molecule has 1 aromatic carbocycles. The highest BCUT2D eigenvalue weighted by Crippen LogP contribution is 2.08. The lowest BCUT2D eigenvalue weighted by atomic mass is 10.0. The Kier molecular flexibility index (Phi) is 7.04. The second kappa shape index (κ2) is 7.47. The average molecular weight is 307 g/mol. The van der Waals surface area contributed by atoms with Gasteiger partial charge in [-0.3, -0.25) is 4.79 Å². The summed E-state index contributed by atoms with van der Waals surface area (Å²) in [5.74, 6) is -0.447. The van der Waals surface area contributed by atoms with Crippen LogP contribution in [0.4, 0.5) is 0 Å². The first-order chi connectivity index (χ1) is 8.33. The molecule has 1 atom stereocenters. The molecule has 0 aromatic heterocycles. The van der Waals surface area contributed by atoms with Crippen LogP contribution in [0.15, 0.2) is 35.2 Å². The van der Waals surface area contributed by atoms with Crippen LogP contribution < -0.4 is 10.5 Å². The van der Waals surface area contributed by atoms with E-state index in [1.165, 1.54) is 12.1 Å². The average Bonchev–Trinajstić information content (AvgIpc) is 2.28. The minimum Gasteiger partial charge on any atom is -0.320 e. The minimum absolute atomic E-state index is 0. The lowest BCUT2D eigenvalue weighted by molar-refractivity contribution is -0.120. The summed E-state index contributed by atoms with van der Waals surface area (Å²) in [5.41, 5.74) is 5.63. The van der Waals surface area contributed by atoms with Gasteiger partial charge in [-0.15, -0.1) is 12.4 Å². The molecule has 1 aromatic rings. The number of benzene rings is 1. The first-order valence-electron chi connectivity index (χ1n) is 5.70. The molecule has 5 nitrogen and oxygen atoms in total. The minimum atomic E-state index is -3.82. The fourth-order valence-corrected chi connectivity index (χ4v) is 2.53. The lowest BCUT2D eigenvalue weighted by Crippen LogP contribution is -2.43. The number of hydrogen-bond acceptors (Lipinski definition) is 4. The Balaban J connectivity index is 0.00000324. The van der Waals surface area contributed by atoms with E-state index < -0.39 is 22.0 Å². The third-order valence-electron chi connectivity index (χ3n) is 2.35. The first kappa shape index (κ1) is 17.9. The van der Waals surface area contributed by atoms with E-state index in [1.807, 2.05) is 18.6 Å². The van der Waals surface area contributed by atoms with Crippen molar-refractivity contribution < 1.29 is 13.2 Å². The number of nitrogens with two attached hydrogens (primary N) is 1. The number of hydrogen-bond donors (Lipinski definition) is 2. The third-order valence-corrected chi connectivity index (χ3v) is 3.71. The summed E-state index contributed by atoms with van der Waals surface area (Å²) in [5, 5.41) is 0. The van der Waals surface area contributed by atoms with Crippen molar-refractivity contribution >= 4 is 28.3 Å². The molecule has 108 valence electrons. The van der Waals surface area contributed by atoms with Gasteiger partial charge in [0, 0.05) is 0 Å². The summed E-state index contributed by atoms with van der Waals surface area (Å²) in [4.78, 5) is 11.7. The highest BCUT2D eigenvalue weighted by Gasteiger charge is 2.22. The highest BCUT2D eigenvalue weighted by molar-refractivity contribution is 7.90. The predicted molar refractivity (Wildman–Crippen MR) is 76.4 cm³/mol. The molecule has 0 aliphatic rings. The number of nitrogens with one attached hydrogen (secondary N) is 1. The molecule has 0 fully saturated rings. The molecule has 1 rings (SSSR count). The Morgan fingerprint density at radius 1 is 1.26 bits per heavy atom. The molecule has 0 bridgehead atoms. The van der Waals surface area contributed by atoms with E-state index in [0.717, 1.165) is 0 Å². The van der Waals surface area contributed by atoms with Crippen LogP contribution in [-0.4, -0.2) is 20.4 Å². The molecule has 0 saturated carbocycles. The van der Waals surface area contributed by atoms with Crippen LogP contribution in [0.1, 0.15) is 20.3 Å². The van der Waals surface area contributed by atoms with Crippen molar-refractivity contribution in [3.8, 4) is 0 Å². The van der Waals surface area contributed by atoms with Crippen LogP contribution in [0.3, 0.4) is 0 Å². The quantitative estimate of drug-likeness (QED) is 0.857. The van der Waals surface area contributed by atoms with Gasteiger partial charge in [0.25, 0.3) is 15.9 Å². The van der Waals surface area contributed by atoms with E-state index in [0.29, 0.717) is 6.42 Å². The number of halogens is 1. The maximum atomic E-state index is 11.8. The molecule has 0 spiro atoms. The fraction of sp³-hybridized carbons (Fsp3) is 0.417. The van der Waals surface area contributed by atoms with Crippen LogP contribution in [0, 0.1) is 5.92 Å². The van der Waals surface area contributed by atoms with Crippen molar-refractivity contribution in [2.24, 2.45) is 11.7 Å². The molecule has 0 aliphatic heterocycles. The van der Waals surface area contributed by atoms with Gasteiger partial charge in [-0.05, 0) is 24.5 Å². The van der Waals surface area contributed by atoms with Crippen molar-refractivity contribution in [1.82, 2.24) is 4.72 Å². The third kappa shape index (κ3) is 5.59. The molecule has 1 amide bonds. The molecule has 0 saturated heterocycles. The molecule has 19 heavy (non-hydrogen) atoms. The van der Waals surface area contributed by atoms with Crippen LogP contribution in [0.25, 0.3) is 0 Å². The number of sulfonamides is 1. The number of amides is 1. The molecule has 0 unspecified atom stereocenters. The monoisotopic (exact) mass is 306 g/mol. The summed E-state index contributed by atoms with van der Waals surface area (Å²) >= 11 is 0. The maximum absolute atomic E-state index is 11.8. The zero-order valence-corrected chi connectivity index (χ0v) is 12.5. The number of carbonyl (C=O) groups excluding carboxylic acids is 1. The standard InChI is InChI=1S/C12H18N2O3S.ClH/c1-9(2)8-11(13)12(15)14-18(16,17)10-6-4-3-5-7-10;/h3-7,9,11H,8,13H2,1-2H3,(H,14,15);1H/t11-;/m0./s1. The normalized spacial score (nSPS) is 12.6. The van der Waals surface area contributed by atoms with E-state index in [2.05, 4.69) is 0 Å². The van der Waals surface area contributed by atoms with Crippen LogP contribution in [0.2, 0.25) is 0 Å². The van der Waals surface area contributed by atoms with Gasteiger partial charge in [0.05, 0.1) is 10.9 Å². The molecule has 0 heterocycles. The van der Waals surface area contributed by atoms with Gasteiger partial charge in [-0.2, -0.15) is 0 Å². The second-order valence-corrected chi connectivity index (χ2v) is 6.20. The Bertz CT molecular complexity index is 503. The van der Waals surface area contributed by atoms with E-state index >= 15 is 0 Å². The van der Waals surface area contributed by atoms with Gasteiger partial charge >= 0.3 is 0 Å². The summed E-state index contributed by atoms with van der Waals surface area (Å²) in [7, 11) is -3.82. The fourth-order valence-electron chi connectivity index (χ4n) is 1.48. The predicted octanol–water partition coefficient (Wildman–Crippen LogP) is 1.29. The van der Waals surface area contributed by atoms with E-state index in [9.17, 15) is 13.2 Å². The smallest absolute Gasteiger partial charge is 0.264 e.